The summed E-state index contributed by atoms with van der Waals surface area (Å²) in [5, 5.41) is 36.3. The van der Waals surface area contributed by atoms with Gasteiger partial charge >= 0.3 is 17.3 Å². The number of ether oxygens (including phenoxy) is 1. The summed E-state index contributed by atoms with van der Waals surface area (Å²) in [6.07, 6.45) is 0.443. The highest BCUT2D eigenvalue weighted by atomic mass is 16.6. The Bertz CT molecular complexity index is 954. The Kier molecular flexibility index (Phi) is 5.83. The molecule has 146 valence electrons. The van der Waals surface area contributed by atoms with Crippen LogP contribution in [0.1, 0.15) is 22.8 Å². The molecular weight excluding hydrogens is 376 g/mol. The Balaban J connectivity index is 2.71. The molecule has 28 heavy (non-hydrogen) atoms. The van der Waals surface area contributed by atoms with E-state index in [1.807, 2.05) is 0 Å². The summed E-state index contributed by atoms with van der Waals surface area (Å²) in [5.74, 6) is -0.668. The molecule has 0 aliphatic heterocycles. The first kappa shape index (κ1) is 20.2. The fourth-order valence-corrected chi connectivity index (χ4v) is 2.50. The van der Waals surface area contributed by atoms with E-state index in [4.69, 9.17) is 0 Å². The van der Waals surface area contributed by atoms with Crippen molar-refractivity contribution in [2.24, 2.45) is 0 Å². The van der Waals surface area contributed by atoms with Gasteiger partial charge in [-0.05, 0) is 24.1 Å². The summed E-state index contributed by atoms with van der Waals surface area (Å²) in [6.45, 7) is 1.77. The number of hydrogen-bond donors (Lipinski definition) is 1. The smallest absolute Gasteiger partial charge is 0.337 e. The van der Waals surface area contributed by atoms with E-state index in [-0.39, 0.29) is 11.3 Å². The van der Waals surface area contributed by atoms with E-state index in [1.54, 1.807) is 13.0 Å². The molecule has 12 heteroatoms. The predicted octanol–water partition coefficient (Wildman–Crippen LogP) is 3.50. The molecule has 0 spiro atoms. The highest BCUT2D eigenvalue weighted by Gasteiger charge is 2.31. The van der Waals surface area contributed by atoms with Crippen LogP contribution in [0.3, 0.4) is 0 Å². The number of non-ortho nitro benzene ring substituents is 1. The number of rotatable bonds is 7. The van der Waals surface area contributed by atoms with Gasteiger partial charge in [0.15, 0.2) is 5.69 Å². The third kappa shape index (κ3) is 4.00. The number of nitrogens with one attached hydrogen (secondary N) is 1. The zero-order valence-corrected chi connectivity index (χ0v) is 14.7. The second-order valence-electron chi connectivity index (χ2n) is 5.47. The van der Waals surface area contributed by atoms with Crippen LogP contribution in [-0.4, -0.2) is 27.8 Å². The van der Waals surface area contributed by atoms with Crippen LogP contribution in [0.25, 0.3) is 0 Å². The van der Waals surface area contributed by atoms with Gasteiger partial charge in [-0.2, -0.15) is 0 Å². The van der Waals surface area contributed by atoms with Crippen molar-refractivity contribution >= 4 is 34.4 Å². The van der Waals surface area contributed by atoms with Crippen molar-refractivity contribution in [2.75, 3.05) is 12.4 Å². The first-order valence-electron chi connectivity index (χ1n) is 7.79. The average molecular weight is 390 g/mol. The second kappa shape index (κ2) is 8.07. The number of anilines is 2. The number of methoxy groups -OCH3 is 1. The number of carbonyl (C=O) groups excluding carboxylic acids is 1. The monoisotopic (exact) mass is 390 g/mol. The van der Waals surface area contributed by atoms with Crippen LogP contribution >= 0.6 is 0 Å². The zero-order valence-electron chi connectivity index (χ0n) is 14.7. The lowest BCUT2D eigenvalue weighted by atomic mass is 10.1. The summed E-state index contributed by atoms with van der Waals surface area (Å²) < 4.78 is 4.62. The van der Waals surface area contributed by atoms with Gasteiger partial charge in [0.25, 0.3) is 5.69 Å². The Morgan fingerprint density at radius 3 is 2.00 bits per heavy atom. The molecule has 0 bridgehead atoms. The molecular formula is C16H14N4O8. The van der Waals surface area contributed by atoms with Crippen molar-refractivity contribution in [1.29, 1.82) is 0 Å². The van der Waals surface area contributed by atoms with Gasteiger partial charge in [0.05, 0.1) is 39.6 Å². The molecule has 0 unspecified atom stereocenters. The standard InChI is InChI=1S/C16H14N4O8/c1-3-9-4-5-10(16(21)28-2)6-12(9)17-15-13(19(24)25)7-11(18(22)23)8-14(15)20(26)27/h4-8,17H,3H2,1-2H3. The molecule has 1 N–H and O–H groups in total. The van der Waals surface area contributed by atoms with Gasteiger partial charge in [-0.3, -0.25) is 30.3 Å². The van der Waals surface area contributed by atoms with Crippen molar-refractivity contribution in [3.05, 3.63) is 71.8 Å². The minimum atomic E-state index is -0.960. The van der Waals surface area contributed by atoms with E-state index in [9.17, 15) is 35.1 Å². The van der Waals surface area contributed by atoms with Crippen LogP contribution in [0, 0.1) is 30.3 Å². The highest BCUT2D eigenvalue weighted by molar-refractivity contribution is 5.92. The Morgan fingerprint density at radius 2 is 1.57 bits per heavy atom. The summed E-state index contributed by atoms with van der Waals surface area (Å²) in [5.41, 5.74) is -2.08. The predicted molar refractivity (Wildman–Crippen MR) is 96.8 cm³/mol. The summed E-state index contributed by atoms with van der Waals surface area (Å²) >= 11 is 0. The van der Waals surface area contributed by atoms with E-state index in [0.29, 0.717) is 24.1 Å². The van der Waals surface area contributed by atoms with Crippen LogP contribution in [0.2, 0.25) is 0 Å². The van der Waals surface area contributed by atoms with Crippen LogP contribution in [0.5, 0.6) is 0 Å². The number of nitrogens with zero attached hydrogens (tertiary/aromatic N) is 3. The van der Waals surface area contributed by atoms with Gasteiger partial charge in [-0.15, -0.1) is 0 Å². The molecule has 2 aromatic rings. The Morgan fingerprint density at radius 1 is 1.00 bits per heavy atom. The van der Waals surface area contributed by atoms with Crippen LogP contribution < -0.4 is 5.32 Å². The molecule has 0 aliphatic carbocycles. The lowest BCUT2D eigenvalue weighted by Crippen LogP contribution is -2.07. The van der Waals surface area contributed by atoms with Gasteiger partial charge in [0.2, 0.25) is 0 Å². The molecule has 2 aromatic carbocycles. The van der Waals surface area contributed by atoms with E-state index >= 15 is 0 Å². The number of hydrogen-bond acceptors (Lipinski definition) is 9. The van der Waals surface area contributed by atoms with Gasteiger partial charge in [0, 0.05) is 5.69 Å². The maximum absolute atomic E-state index is 11.7. The minimum Gasteiger partial charge on any atom is -0.465 e. The second-order valence-corrected chi connectivity index (χ2v) is 5.47. The molecule has 0 heterocycles. The van der Waals surface area contributed by atoms with Crippen molar-refractivity contribution in [1.82, 2.24) is 0 Å². The SMILES string of the molecule is CCc1ccc(C(=O)OC)cc1Nc1c([N+](=O)[O-])cc([N+](=O)[O-])cc1[N+](=O)[O-]. The quantitative estimate of drug-likeness (QED) is 0.422. The number of esters is 1. The normalized spacial score (nSPS) is 10.2. The summed E-state index contributed by atoms with van der Waals surface area (Å²) in [7, 11) is 1.18. The van der Waals surface area contributed by atoms with E-state index in [1.165, 1.54) is 19.2 Å². The van der Waals surface area contributed by atoms with Crippen LogP contribution in [0.15, 0.2) is 30.3 Å². The largest absolute Gasteiger partial charge is 0.465 e. The number of carbonyl (C=O) groups is 1. The molecule has 12 nitrogen and oxygen atoms in total. The third-order valence-electron chi connectivity index (χ3n) is 3.86. The van der Waals surface area contributed by atoms with E-state index in [2.05, 4.69) is 10.1 Å². The van der Waals surface area contributed by atoms with Crippen molar-refractivity contribution in [3.8, 4) is 0 Å². The molecule has 0 fully saturated rings. The first-order chi connectivity index (χ1) is 13.2. The fraction of sp³-hybridized carbons (Fsp3) is 0.188. The minimum absolute atomic E-state index is 0.120. The van der Waals surface area contributed by atoms with E-state index < -0.39 is 43.5 Å². The fourth-order valence-electron chi connectivity index (χ4n) is 2.50. The molecule has 0 saturated heterocycles. The lowest BCUT2D eigenvalue weighted by Gasteiger charge is -2.13. The average Bonchev–Trinajstić information content (AvgIpc) is 2.66. The van der Waals surface area contributed by atoms with Gasteiger partial charge < -0.3 is 10.1 Å². The summed E-state index contributed by atoms with van der Waals surface area (Å²) in [6, 6.07) is 5.64. The summed E-state index contributed by atoms with van der Waals surface area (Å²) in [4.78, 5) is 42.6. The van der Waals surface area contributed by atoms with Gasteiger partial charge in [0.1, 0.15) is 0 Å². The Hall–Kier alpha value is -4.09. The Labute approximate surface area is 157 Å². The third-order valence-corrected chi connectivity index (χ3v) is 3.86. The molecule has 0 aliphatic rings. The molecule has 0 amide bonds. The van der Waals surface area contributed by atoms with E-state index in [0.717, 1.165) is 0 Å². The maximum atomic E-state index is 11.7. The number of nitro benzene ring substituents is 3. The first-order valence-corrected chi connectivity index (χ1v) is 7.79. The van der Waals surface area contributed by atoms with Crippen LogP contribution in [-0.2, 0) is 11.2 Å². The maximum Gasteiger partial charge on any atom is 0.337 e. The number of nitro groups is 3. The van der Waals surface area contributed by atoms with Crippen LogP contribution in [0.4, 0.5) is 28.4 Å². The highest BCUT2D eigenvalue weighted by Crippen LogP contribution is 2.40. The lowest BCUT2D eigenvalue weighted by molar-refractivity contribution is -0.401. The van der Waals surface area contributed by atoms with Crippen molar-refractivity contribution < 1.29 is 24.3 Å². The number of aryl methyl sites for hydroxylation is 1. The number of benzene rings is 2. The molecule has 0 aromatic heterocycles. The van der Waals surface area contributed by atoms with Crippen molar-refractivity contribution in [3.63, 3.8) is 0 Å². The topological polar surface area (TPSA) is 168 Å². The van der Waals surface area contributed by atoms with Gasteiger partial charge in [-0.25, -0.2) is 4.79 Å². The molecule has 0 saturated carbocycles. The zero-order chi connectivity index (χ0) is 21.0. The molecule has 2 rings (SSSR count). The molecule has 0 atom stereocenters. The van der Waals surface area contributed by atoms with Gasteiger partial charge in [-0.1, -0.05) is 13.0 Å². The molecule has 0 radical (unpaired) electrons. The van der Waals surface area contributed by atoms with Crippen molar-refractivity contribution in [2.45, 2.75) is 13.3 Å².